The molecule has 0 spiro atoms. The molecule has 0 aromatic heterocycles. The third-order valence-corrected chi connectivity index (χ3v) is 3.26. The quantitative estimate of drug-likeness (QED) is 0.473. The number of ether oxygens (including phenoxy) is 1. The molecule has 0 aliphatic heterocycles. The van der Waals surface area contributed by atoms with E-state index in [0.29, 0.717) is 13.0 Å². The maximum atomic E-state index is 11.5. The smallest absolute Gasteiger partial charge is 0.306 e. The van der Waals surface area contributed by atoms with Gasteiger partial charge in [0.15, 0.2) is 0 Å². The number of hydrogen-bond acceptors (Lipinski definition) is 4. The lowest BCUT2D eigenvalue weighted by atomic mass is 10.1. The number of unbranched alkanes of at least 4 members (excludes halogenated alkanes) is 5. The molecule has 4 N–H and O–H groups in total. The molecule has 0 aliphatic rings. The first kappa shape index (κ1) is 20.1. The van der Waals surface area contributed by atoms with Crippen LogP contribution in [0.1, 0.15) is 56.9 Å². The van der Waals surface area contributed by atoms with Gasteiger partial charge in [-0.05, 0) is 18.4 Å². The summed E-state index contributed by atoms with van der Waals surface area (Å²) in [5.41, 5.74) is 1.00. The third kappa shape index (κ3) is 10.9. The van der Waals surface area contributed by atoms with Crippen LogP contribution in [0.25, 0.3) is 0 Å². The summed E-state index contributed by atoms with van der Waals surface area (Å²) < 4.78 is 5.20. The van der Waals surface area contributed by atoms with Gasteiger partial charge in [0, 0.05) is 12.8 Å². The molecule has 0 radical (unpaired) electrons. The minimum absolute atomic E-state index is 0. The molecule has 0 saturated carbocycles. The highest BCUT2D eigenvalue weighted by molar-refractivity contribution is 5.69. The second-order valence-corrected chi connectivity index (χ2v) is 5.16. The number of hydrogen-bond donors (Lipinski definition) is 2. The summed E-state index contributed by atoms with van der Waals surface area (Å²) in [6.45, 7) is 0.342. The third-order valence-electron chi connectivity index (χ3n) is 3.26. The van der Waals surface area contributed by atoms with E-state index < -0.39 is 5.97 Å². The molecule has 1 rings (SSSR count). The highest BCUT2D eigenvalue weighted by atomic mass is 16.5. The van der Waals surface area contributed by atoms with Crippen LogP contribution >= 0.6 is 0 Å². The van der Waals surface area contributed by atoms with Crippen LogP contribution in [0.3, 0.4) is 0 Å². The molecule has 0 amide bonds. The van der Waals surface area contributed by atoms with E-state index in [0.717, 1.165) is 44.1 Å². The van der Waals surface area contributed by atoms with Gasteiger partial charge in [-0.2, -0.15) is 0 Å². The molecule has 0 heterocycles. The monoisotopic (exact) mass is 309 g/mol. The SMILES string of the molecule is N.O=C(O)CCCCCCCCC(=O)OCc1ccccc1. The lowest BCUT2D eigenvalue weighted by molar-refractivity contribution is -0.145. The van der Waals surface area contributed by atoms with Crippen molar-refractivity contribution in [3.63, 3.8) is 0 Å². The van der Waals surface area contributed by atoms with E-state index in [-0.39, 0.29) is 18.5 Å². The minimum Gasteiger partial charge on any atom is -0.481 e. The zero-order valence-electron chi connectivity index (χ0n) is 13.1. The molecule has 0 saturated heterocycles. The van der Waals surface area contributed by atoms with Gasteiger partial charge in [-0.15, -0.1) is 0 Å². The number of carbonyl (C=O) groups excluding carboxylic acids is 1. The van der Waals surface area contributed by atoms with E-state index in [1.165, 1.54) is 0 Å². The van der Waals surface area contributed by atoms with E-state index in [1.54, 1.807) is 0 Å². The summed E-state index contributed by atoms with van der Waals surface area (Å²) in [6.07, 6.45) is 6.32. The standard InChI is InChI=1S/C17H24O4.H3N/c18-16(19)12-8-3-1-2-4-9-13-17(20)21-14-15-10-6-5-7-11-15;/h5-7,10-11H,1-4,8-9,12-14H2,(H,18,19);1H3. The topological polar surface area (TPSA) is 98.6 Å². The number of carboxylic acid groups (broad SMARTS) is 1. The predicted molar refractivity (Wildman–Crippen MR) is 85.8 cm³/mol. The van der Waals surface area contributed by atoms with Crippen LogP contribution in [0.4, 0.5) is 0 Å². The summed E-state index contributed by atoms with van der Waals surface area (Å²) in [4.78, 5) is 21.9. The Morgan fingerprint density at radius 3 is 2.00 bits per heavy atom. The Morgan fingerprint density at radius 2 is 1.41 bits per heavy atom. The number of rotatable bonds is 11. The van der Waals surface area contributed by atoms with Crippen molar-refractivity contribution in [2.75, 3.05) is 0 Å². The van der Waals surface area contributed by atoms with Gasteiger partial charge in [-0.1, -0.05) is 56.0 Å². The van der Waals surface area contributed by atoms with E-state index in [9.17, 15) is 9.59 Å². The number of carbonyl (C=O) groups is 2. The maximum Gasteiger partial charge on any atom is 0.306 e. The highest BCUT2D eigenvalue weighted by Crippen LogP contribution is 2.09. The lowest BCUT2D eigenvalue weighted by Crippen LogP contribution is -2.04. The molecule has 1 aromatic rings. The van der Waals surface area contributed by atoms with Crippen molar-refractivity contribution in [2.24, 2.45) is 0 Å². The molecule has 1 aromatic carbocycles. The molecular formula is C17H27NO4. The largest absolute Gasteiger partial charge is 0.481 e. The molecule has 5 heteroatoms. The average Bonchev–Trinajstić information content (AvgIpc) is 2.48. The van der Waals surface area contributed by atoms with Gasteiger partial charge >= 0.3 is 11.9 Å². The molecule has 124 valence electrons. The Morgan fingerprint density at radius 1 is 0.864 bits per heavy atom. The van der Waals surface area contributed by atoms with Crippen molar-refractivity contribution in [3.05, 3.63) is 35.9 Å². The molecule has 0 atom stereocenters. The van der Waals surface area contributed by atoms with E-state index in [2.05, 4.69) is 0 Å². The first-order valence-electron chi connectivity index (χ1n) is 7.60. The molecule has 0 aliphatic carbocycles. The summed E-state index contributed by atoms with van der Waals surface area (Å²) in [6, 6.07) is 9.65. The van der Waals surface area contributed by atoms with E-state index >= 15 is 0 Å². The first-order chi connectivity index (χ1) is 10.2. The zero-order valence-corrected chi connectivity index (χ0v) is 13.1. The highest BCUT2D eigenvalue weighted by Gasteiger charge is 2.03. The number of esters is 1. The molecule has 0 fully saturated rings. The van der Waals surface area contributed by atoms with Crippen molar-refractivity contribution >= 4 is 11.9 Å². The summed E-state index contributed by atoms with van der Waals surface area (Å²) >= 11 is 0. The van der Waals surface area contributed by atoms with Crippen LogP contribution in [0.5, 0.6) is 0 Å². The average molecular weight is 309 g/mol. The van der Waals surface area contributed by atoms with Gasteiger partial charge in [-0.25, -0.2) is 0 Å². The maximum absolute atomic E-state index is 11.5. The minimum atomic E-state index is -0.726. The van der Waals surface area contributed by atoms with Crippen molar-refractivity contribution in [1.82, 2.24) is 6.15 Å². The second-order valence-electron chi connectivity index (χ2n) is 5.16. The van der Waals surface area contributed by atoms with Gasteiger partial charge in [0.1, 0.15) is 6.61 Å². The van der Waals surface area contributed by atoms with Crippen molar-refractivity contribution in [2.45, 2.75) is 58.0 Å². The van der Waals surface area contributed by atoms with Crippen LogP contribution in [-0.4, -0.2) is 17.0 Å². The molecule has 0 unspecified atom stereocenters. The normalized spacial score (nSPS) is 9.82. The fraction of sp³-hybridized carbons (Fsp3) is 0.529. The summed E-state index contributed by atoms with van der Waals surface area (Å²) in [5, 5.41) is 8.50. The fourth-order valence-corrected chi connectivity index (χ4v) is 2.06. The van der Waals surface area contributed by atoms with E-state index in [1.807, 2.05) is 30.3 Å². The molecule has 22 heavy (non-hydrogen) atoms. The van der Waals surface area contributed by atoms with Gasteiger partial charge in [0.05, 0.1) is 0 Å². The van der Waals surface area contributed by atoms with Crippen LogP contribution in [0.2, 0.25) is 0 Å². The summed E-state index contributed by atoms with van der Waals surface area (Å²) in [5.74, 6) is -0.874. The number of benzene rings is 1. The Balaban J connectivity index is 0.00000441. The van der Waals surface area contributed by atoms with Crippen LogP contribution < -0.4 is 6.15 Å². The van der Waals surface area contributed by atoms with Crippen molar-refractivity contribution < 1.29 is 19.4 Å². The van der Waals surface area contributed by atoms with Gasteiger partial charge in [0.2, 0.25) is 0 Å². The van der Waals surface area contributed by atoms with Crippen molar-refractivity contribution in [3.8, 4) is 0 Å². The van der Waals surface area contributed by atoms with Crippen LogP contribution in [-0.2, 0) is 20.9 Å². The van der Waals surface area contributed by atoms with Gasteiger partial charge < -0.3 is 16.0 Å². The fourth-order valence-electron chi connectivity index (χ4n) is 2.06. The van der Waals surface area contributed by atoms with Gasteiger partial charge in [-0.3, -0.25) is 9.59 Å². The Hall–Kier alpha value is -1.88. The lowest BCUT2D eigenvalue weighted by Gasteiger charge is -2.05. The van der Waals surface area contributed by atoms with Crippen LogP contribution in [0, 0.1) is 0 Å². The molecule has 5 nitrogen and oxygen atoms in total. The Kier molecular flexibility index (Phi) is 11.7. The molecular weight excluding hydrogens is 282 g/mol. The zero-order chi connectivity index (χ0) is 15.3. The van der Waals surface area contributed by atoms with E-state index in [4.69, 9.17) is 9.84 Å². The van der Waals surface area contributed by atoms with Crippen molar-refractivity contribution in [1.29, 1.82) is 0 Å². The second kappa shape index (κ2) is 12.8. The molecule has 0 bridgehead atoms. The summed E-state index contributed by atoms with van der Waals surface area (Å²) in [7, 11) is 0. The number of aliphatic carboxylic acids is 1. The predicted octanol–water partition coefficient (Wildman–Crippen LogP) is 4.10. The Bertz CT molecular complexity index is 420. The Labute approximate surface area is 132 Å². The number of carboxylic acids is 1. The van der Waals surface area contributed by atoms with Crippen LogP contribution in [0.15, 0.2) is 30.3 Å². The first-order valence-corrected chi connectivity index (χ1v) is 7.60. The van der Waals surface area contributed by atoms with Gasteiger partial charge in [0.25, 0.3) is 0 Å².